The van der Waals surface area contributed by atoms with Crippen molar-refractivity contribution >= 4 is 22.5 Å². The van der Waals surface area contributed by atoms with Crippen LogP contribution in [0.5, 0.6) is 5.75 Å². The minimum Gasteiger partial charge on any atom is -0.484 e. The van der Waals surface area contributed by atoms with Crippen molar-refractivity contribution < 1.29 is 4.74 Å². The fraction of sp³-hybridized carbons (Fsp3) is 0.250. The summed E-state index contributed by atoms with van der Waals surface area (Å²) in [5, 5.41) is 12.8. The maximum absolute atomic E-state index is 5.57. The monoisotopic (exact) mass is 308 g/mol. The van der Waals surface area contributed by atoms with Crippen LogP contribution in [0, 0.1) is 0 Å². The van der Waals surface area contributed by atoms with Gasteiger partial charge in [-0.25, -0.2) is 9.97 Å². The highest BCUT2D eigenvalue weighted by Gasteiger charge is 2.16. The minimum atomic E-state index is 0.473. The summed E-state index contributed by atoms with van der Waals surface area (Å²) >= 11 is 0. The highest BCUT2D eigenvalue weighted by Crippen LogP contribution is 2.33. The predicted octanol–water partition coefficient (Wildman–Crippen LogP) is 3.09. The molecule has 7 nitrogen and oxygen atoms in total. The fourth-order valence-corrected chi connectivity index (χ4v) is 2.64. The molecular weight excluding hydrogens is 292 g/mol. The molecule has 0 spiro atoms. The summed E-state index contributed by atoms with van der Waals surface area (Å²) in [5.74, 6) is 1.73. The lowest BCUT2D eigenvalue weighted by Crippen LogP contribution is -2.19. The number of rotatable bonds is 4. The van der Waals surface area contributed by atoms with Crippen molar-refractivity contribution in [2.45, 2.75) is 6.42 Å². The van der Waals surface area contributed by atoms with Gasteiger partial charge in [-0.2, -0.15) is 5.11 Å². The maximum Gasteiger partial charge on any atom is 0.221 e. The normalized spacial score (nSPS) is 13.7. The van der Waals surface area contributed by atoms with Crippen molar-refractivity contribution in [2.75, 3.05) is 25.0 Å². The molecule has 0 bridgehead atoms. The third-order valence-corrected chi connectivity index (χ3v) is 3.75. The molecule has 3 aromatic rings. The van der Waals surface area contributed by atoms with Crippen molar-refractivity contribution in [3.05, 3.63) is 42.4 Å². The van der Waals surface area contributed by atoms with Crippen LogP contribution in [0.25, 0.3) is 10.9 Å². The molecular formula is C16H16N6O. The van der Waals surface area contributed by atoms with E-state index >= 15 is 0 Å². The molecule has 0 saturated carbocycles. The zero-order chi connectivity index (χ0) is 15.5. The summed E-state index contributed by atoms with van der Waals surface area (Å²) in [7, 11) is 0. The Kier molecular flexibility index (Phi) is 3.59. The summed E-state index contributed by atoms with van der Waals surface area (Å²) in [5.41, 5.74) is 2.38. The van der Waals surface area contributed by atoms with Gasteiger partial charge in [0.25, 0.3) is 0 Å². The van der Waals surface area contributed by atoms with Gasteiger partial charge < -0.3 is 15.0 Å². The fourth-order valence-electron chi connectivity index (χ4n) is 2.64. The molecule has 1 aromatic carbocycles. The lowest BCUT2D eigenvalue weighted by molar-refractivity contribution is 0.321. The second kappa shape index (κ2) is 6.04. The van der Waals surface area contributed by atoms with Gasteiger partial charge in [0, 0.05) is 17.1 Å². The number of hydrogen-bond donors (Lipinski definition) is 2. The number of anilines is 1. The molecule has 0 unspecified atom stereocenters. The highest BCUT2D eigenvalue weighted by atomic mass is 16.5. The van der Waals surface area contributed by atoms with E-state index in [1.807, 2.05) is 18.3 Å². The molecule has 116 valence electrons. The van der Waals surface area contributed by atoms with E-state index in [9.17, 15) is 0 Å². The number of hydrogen-bond acceptors (Lipinski definition) is 6. The van der Waals surface area contributed by atoms with Crippen LogP contribution < -0.4 is 10.1 Å². The Bertz CT molecular complexity index is 857. The summed E-state index contributed by atoms with van der Waals surface area (Å²) in [6, 6.07) is 8.24. The van der Waals surface area contributed by atoms with E-state index < -0.39 is 0 Å². The zero-order valence-electron chi connectivity index (χ0n) is 12.5. The average molecular weight is 308 g/mol. The lowest BCUT2D eigenvalue weighted by Gasteiger charge is -2.17. The van der Waals surface area contributed by atoms with Crippen LogP contribution in [0.2, 0.25) is 0 Å². The number of benzene rings is 1. The Balaban J connectivity index is 1.46. The first-order chi connectivity index (χ1) is 11.4. The van der Waals surface area contributed by atoms with Crippen molar-refractivity contribution in [2.24, 2.45) is 10.2 Å². The number of azo groups is 1. The number of nitrogens with one attached hydrogen (secondary N) is 2. The molecule has 23 heavy (non-hydrogen) atoms. The highest BCUT2D eigenvalue weighted by molar-refractivity contribution is 5.83. The molecule has 1 aliphatic rings. The standard InChI is InChI=1S/C16H16N6O/c1-2-4-13-12(3-1)11(9-18-13)5-6-21-22-16-14-15(19-10-20-16)17-7-8-23-14/h1-4,9-10,18H,5-8H2,(H,17,19,20). The predicted molar refractivity (Wildman–Crippen MR) is 87.4 cm³/mol. The van der Waals surface area contributed by atoms with Crippen LogP contribution in [0.15, 0.2) is 47.0 Å². The summed E-state index contributed by atoms with van der Waals surface area (Å²) in [6.07, 6.45) is 4.31. The number of aromatic amines is 1. The van der Waals surface area contributed by atoms with Gasteiger partial charge in [0.05, 0.1) is 13.1 Å². The summed E-state index contributed by atoms with van der Waals surface area (Å²) in [6.45, 7) is 1.91. The first-order valence-corrected chi connectivity index (χ1v) is 7.56. The molecule has 2 N–H and O–H groups in total. The van der Waals surface area contributed by atoms with Crippen LogP contribution in [-0.2, 0) is 6.42 Å². The molecule has 0 radical (unpaired) electrons. The Labute approximate surface area is 132 Å². The quantitative estimate of drug-likeness (QED) is 0.725. The van der Waals surface area contributed by atoms with E-state index in [0.717, 1.165) is 18.5 Å². The van der Waals surface area contributed by atoms with E-state index in [0.29, 0.717) is 30.5 Å². The lowest BCUT2D eigenvalue weighted by atomic mass is 10.1. The molecule has 0 atom stereocenters. The van der Waals surface area contributed by atoms with E-state index in [1.54, 1.807) is 0 Å². The van der Waals surface area contributed by atoms with Crippen molar-refractivity contribution in [3.63, 3.8) is 0 Å². The molecule has 4 rings (SSSR count). The Morgan fingerprint density at radius 1 is 1.22 bits per heavy atom. The molecule has 2 aromatic heterocycles. The topological polar surface area (TPSA) is 87.6 Å². The van der Waals surface area contributed by atoms with Crippen molar-refractivity contribution in [1.82, 2.24) is 15.0 Å². The van der Waals surface area contributed by atoms with Crippen LogP contribution >= 0.6 is 0 Å². The second-order valence-corrected chi connectivity index (χ2v) is 5.22. The third kappa shape index (κ3) is 2.73. The Morgan fingerprint density at radius 2 is 2.17 bits per heavy atom. The van der Waals surface area contributed by atoms with Gasteiger partial charge >= 0.3 is 0 Å². The van der Waals surface area contributed by atoms with Gasteiger partial charge in [-0.1, -0.05) is 18.2 Å². The third-order valence-electron chi connectivity index (χ3n) is 3.75. The number of aromatic nitrogens is 3. The van der Waals surface area contributed by atoms with Gasteiger partial charge in [-0.3, -0.25) is 0 Å². The van der Waals surface area contributed by atoms with E-state index in [1.165, 1.54) is 17.3 Å². The van der Waals surface area contributed by atoms with E-state index in [2.05, 4.69) is 42.6 Å². The van der Waals surface area contributed by atoms with Crippen LogP contribution in [0.1, 0.15) is 5.56 Å². The number of fused-ring (bicyclic) bond motifs is 2. The van der Waals surface area contributed by atoms with Crippen LogP contribution in [0.3, 0.4) is 0 Å². The van der Waals surface area contributed by atoms with Crippen molar-refractivity contribution in [3.8, 4) is 5.75 Å². The maximum atomic E-state index is 5.57. The Hall–Kier alpha value is -2.96. The minimum absolute atomic E-state index is 0.473. The van der Waals surface area contributed by atoms with Gasteiger partial charge in [-0.15, -0.1) is 5.11 Å². The van der Waals surface area contributed by atoms with Crippen LogP contribution in [-0.4, -0.2) is 34.6 Å². The number of H-pyrrole nitrogens is 1. The van der Waals surface area contributed by atoms with Crippen LogP contribution in [0.4, 0.5) is 11.6 Å². The number of para-hydroxylation sites is 1. The second-order valence-electron chi connectivity index (χ2n) is 5.22. The number of nitrogens with zero attached hydrogens (tertiary/aromatic N) is 4. The van der Waals surface area contributed by atoms with Gasteiger partial charge in [-0.05, 0) is 18.1 Å². The molecule has 1 aliphatic heterocycles. The first kappa shape index (κ1) is 13.7. The Morgan fingerprint density at radius 3 is 3.17 bits per heavy atom. The van der Waals surface area contributed by atoms with Gasteiger partial charge in [0.15, 0.2) is 5.82 Å². The van der Waals surface area contributed by atoms with Gasteiger partial charge in [0.2, 0.25) is 11.6 Å². The summed E-state index contributed by atoms with van der Waals surface area (Å²) in [4.78, 5) is 11.5. The van der Waals surface area contributed by atoms with E-state index in [4.69, 9.17) is 4.74 Å². The van der Waals surface area contributed by atoms with Crippen molar-refractivity contribution in [1.29, 1.82) is 0 Å². The smallest absolute Gasteiger partial charge is 0.221 e. The molecule has 0 saturated heterocycles. The molecule has 0 aliphatic carbocycles. The van der Waals surface area contributed by atoms with Gasteiger partial charge in [0.1, 0.15) is 12.9 Å². The zero-order valence-corrected chi connectivity index (χ0v) is 12.5. The molecule has 0 fully saturated rings. The molecule has 0 amide bonds. The largest absolute Gasteiger partial charge is 0.484 e. The van der Waals surface area contributed by atoms with E-state index in [-0.39, 0.29) is 0 Å². The number of ether oxygens (including phenoxy) is 1. The average Bonchev–Trinajstić information content (AvgIpc) is 3.02. The SMILES string of the molecule is c1ccc2c(CCN=Nc3ncnc4c3OCCN4)c[nH]c2c1. The molecule has 7 heteroatoms. The summed E-state index contributed by atoms with van der Waals surface area (Å²) < 4.78 is 5.57. The first-order valence-electron chi connectivity index (χ1n) is 7.56. The molecule has 3 heterocycles.